The second-order valence-electron chi connectivity index (χ2n) is 5.76. The minimum absolute atomic E-state index is 0.0406. The van der Waals surface area contributed by atoms with E-state index >= 15 is 0 Å². The molecule has 0 N–H and O–H groups in total. The highest BCUT2D eigenvalue weighted by Crippen LogP contribution is 2.21. The van der Waals surface area contributed by atoms with Crippen LogP contribution in [0.4, 0.5) is 0 Å². The maximum atomic E-state index is 12.4. The largest absolute Gasteiger partial charge is 0.298 e. The van der Waals surface area contributed by atoms with Gasteiger partial charge in [0.2, 0.25) is 0 Å². The van der Waals surface area contributed by atoms with Crippen LogP contribution in [0.3, 0.4) is 0 Å². The molecule has 0 fully saturated rings. The fraction of sp³-hybridized carbons (Fsp3) is 0.222. The second-order valence-corrected chi connectivity index (χ2v) is 6.20. The fourth-order valence-corrected chi connectivity index (χ4v) is 2.74. The Hall–Kier alpha value is -2.53. The molecule has 5 nitrogen and oxygen atoms in total. The molecule has 24 heavy (non-hydrogen) atoms. The minimum Gasteiger partial charge on any atom is -0.298 e. The van der Waals surface area contributed by atoms with Crippen LogP contribution in [0.5, 0.6) is 0 Å². The molecule has 1 aromatic heterocycles. The molecule has 0 aliphatic carbocycles. The smallest absolute Gasteiger partial charge is 0.278 e. The van der Waals surface area contributed by atoms with Gasteiger partial charge in [-0.05, 0) is 35.7 Å². The number of hydrogen-bond donors (Lipinski definition) is 0. The van der Waals surface area contributed by atoms with Crippen LogP contribution in [-0.2, 0) is 11.3 Å². The van der Waals surface area contributed by atoms with Crippen molar-refractivity contribution >= 4 is 28.3 Å². The number of nitrogens with zero attached hydrogens (tertiary/aromatic N) is 3. The van der Waals surface area contributed by atoms with Gasteiger partial charge in [0.1, 0.15) is 12.1 Å². The van der Waals surface area contributed by atoms with Crippen molar-refractivity contribution in [3.63, 3.8) is 0 Å². The van der Waals surface area contributed by atoms with E-state index in [1.165, 1.54) is 0 Å². The average Bonchev–Trinajstić information content (AvgIpc) is 2.58. The molecule has 2 aromatic carbocycles. The van der Waals surface area contributed by atoms with Crippen molar-refractivity contribution in [2.75, 3.05) is 0 Å². The van der Waals surface area contributed by atoms with Crippen LogP contribution in [0.1, 0.15) is 24.8 Å². The molecule has 3 aromatic rings. The van der Waals surface area contributed by atoms with E-state index in [1.54, 1.807) is 36.4 Å². The Morgan fingerprint density at radius 3 is 2.62 bits per heavy atom. The Kier molecular flexibility index (Phi) is 4.71. The number of carbonyl (C=O) groups is 1. The lowest BCUT2D eigenvalue weighted by molar-refractivity contribution is -0.120. The maximum Gasteiger partial charge on any atom is 0.278 e. The average molecular weight is 342 g/mol. The zero-order valence-corrected chi connectivity index (χ0v) is 13.9. The number of Topliss-reactive ketones (excluding diaryl/α,β-unsaturated/α-hetero) is 1. The summed E-state index contributed by atoms with van der Waals surface area (Å²) in [5.41, 5.74) is 1.26. The van der Waals surface area contributed by atoms with Crippen molar-refractivity contribution in [1.82, 2.24) is 15.0 Å². The number of carbonyl (C=O) groups excluding carboxylic acids is 1. The van der Waals surface area contributed by atoms with Gasteiger partial charge in [-0.3, -0.25) is 9.59 Å². The van der Waals surface area contributed by atoms with Gasteiger partial charge in [-0.2, -0.15) is 0 Å². The second kappa shape index (κ2) is 6.93. The highest BCUT2D eigenvalue weighted by molar-refractivity contribution is 6.30. The Bertz CT molecular complexity index is 935. The predicted molar refractivity (Wildman–Crippen MR) is 93.3 cm³/mol. The molecule has 0 spiro atoms. The normalized spacial score (nSPS) is 12.2. The third kappa shape index (κ3) is 3.51. The van der Waals surface area contributed by atoms with Crippen LogP contribution in [0.25, 0.3) is 10.9 Å². The molecule has 1 atom stereocenters. The number of halogens is 1. The van der Waals surface area contributed by atoms with Crippen molar-refractivity contribution in [3.05, 3.63) is 69.5 Å². The zero-order chi connectivity index (χ0) is 17.1. The molecule has 6 heteroatoms. The van der Waals surface area contributed by atoms with E-state index in [2.05, 4.69) is 10.3 Å². The van der Waals surface area contributed by atoms with Crippen molar-refractivity contribution in [3.8, 4) is 0 Å². The molecule has 0 saturated heterocycles. The van der Waals surface area contributed by atoms with Gasteiger partial charge in [0.25, 0.3) is 5.56 Å². The maximum absolute atomic E-state index is 12.4. The highest BCUT2D eigenvalue weighted by atomic mass is 35.5. The van der Waals surface area contributed by atoms with E-state index in [0.29, 0.717) is 22.3 Å². The summed E-state index contributed by atoms with van der Waals surface area (Å²) in [4.78, 5) is 24.6. The molecule has 0 aliphatic heterocycles. The SMILES string of the molecule is C[C@H](CC(=O)Cn1nnc2ccccc2c1=O)c1ccc(Cl)cc1. The van der Waals surface area contributed by atoms with Gasteiger partial charge in [-0.15, -0.1) is 5.10 Å². The Morgan fingerprint density at radius 2 is 1.88 bits per heavy atom. The summed E-state index contributed by atoms with van der Waals surface area (Å²) in [6, 6.07) is 14.4. The summed E-state index contributed by atoms with van der Waals surface area (Å²) in [6.45, 7) is 1.89. The zero-order valence-electron chi connectivity index (χ0n) is 13.1. The molecule has 0 amide bonds. The van der Waals surface area contributed by atoms with Gasteiger partial charge < -0.3 is 0 Å². The first-order valence-electron chi connectivity index (χ1n) is 7.64. The lowest BCUT2D eigenvalue weighted by atomic mass is 9.96. The molecule has 122 valence electrons. The summed E-state index contributed by atoms with van der Waals surface area (Å²) in [5, 5.41) is 8.97. The monoisotopic (exact) mass is 341 g/mol. The van der Waals surface area contributed by atoms with Crippen molar-refractivity contribution in [1.29, 1.82) is 0 Å². The summed E-state index contributed by atoms with van der Waals surface area (Å²) < 4.78 is 1.12. The summed E-state index contributed by atoms with van der Waals surface area (Å²) in [6.07, 6.45) is 0.322. The molecule has 1 heterocycles. The first kappa shape index (κ1) is 16.3. The standard InChI is InChI=1S/C18H16ClN3O2/c1-12(13-6-8-14(19)9-7-13)10-15(23)11-22-18(24)16-4-2-3-5-17(16)20-21-22/h2-9,12H,10-11H2,1H3/t12-/m1/s1. The Balaban J connectivity index is 1.74. The number of rotatable bonds is 5. The topological polar surface area (TPSA) is 64.8 Å². The highest BCUT2D eigenvalue weighted by Gasteiger charge is 2.14. The number of ketones is 1. The minimum atomic E-state index is -0.298. The first-order valence-corrected chi connectivity index (χ1v) is 8.02. The van der Waals surface area contributed by atoms with Crippen LogP contribution < -0.4 is 5.56 Å². The van der Waals surface area contributed by atoms with Gasteiger partial charge >= 0.3 is 0 Å². The van der Waals surface area contributed by atoms with Gasteiger partial charge in [0.05, 0.1) is 5.39 Å². The molecule has 3 rings (SSSR count). The number of fused-ring (bicyclic) bond motifs is 1. The molecule has 0 radical (unpaired) electrons. The van der Waals surface area contributed by atoms with E-state index in [0.717, 1.165) is 10.2 Å². The van der Waals surface area contributed by atoms with Crippen LogP contribution in [0.2, 0.25) is 5.02 Å². The van der Waals surface area contributed by atoms with Crippen LogP contribution in [-0.4, -0.2) is 20.8 Å². The number of benzene rings is 2. The van der Waals surface area contributed by atoms with Crippen molar-refractivity contribution in [2.45, 2.75) is 25.8 Å². The van der Waals surface area contributed by atoms with E-state index in [1.807, 2.05) is 19.1 Å². The lowest BCUT2D eigenvalue weighted by Crippen LogP contribution is -2.28. The van der Waals surface area contributed by atoms with Gasteiger partial charge in [-0.1, -0.05) is 48.0 Å². The molecular formula is C18H16ClN3O2. The third-order valence-electron chi connectivity index (χ3n) is 3.93. The van der Waals surface area contributed by atoms with E-state index in [4.69, 9.17) is 11.6 Å². The predicted octanol–water partition coefficient (Wildman–Crippen LogP) is 3.21. The Morgan fingerprint density at radius 1 is 1.17 bits per heavy atom. The lowest BCUT2D eigenvalue weighted by Gasteiger charge is -2.11. The summed E-state index contributed by atoms with van der Waals surface area (Å²) in [7, 11) is 0. The van der Waals surface area contributed by atoms with Crippen LogP contribution in [0.15, 0.2) is 53.3 Å². The third-order valence-corrected chi connectivity index (χ3v) is 4.18. The van der Waals surface area contributed by atoms with Gasteiger partial charge in [-0.25, -0.2) is 4.68 Å². The fourth-order valence-electron chi connectivity index (χ4n) is 2.61. The Labute approximate surface area is 143 Å². The quantitative estimate of drug-likeness (QED) is 0.714. The van der Waals surface area contributed by atoms with Crippen molar-refractivity contribution < 1.29 is 4.79 Å². The van der Waals surface area contributed by atoms with Crippen LogP contribution >= 0.6 is 11.6 Å². The van der Waals surface area contributed by atoms with Gasteiger partial charge in [0, 0.05) is 11.4 Å². The number of aromatic nitrogens is 3. The van der Waals surface area contributed by atoms with E-state index < -0.39 is 0 Å². The summed E-state index contributed by atoms with van der Waals surface area (Å²) >= 11 is 5.87. The first-order chi connectivity index (χ1) is 11.5. The molecule has 0 unspecified atom stereocenters. The van der Waals surface area contributed by atoms with Crippen LogP contribution in [0, 0.1) is 0 Å². The van der Waals surface area contributed by atoms with Gasteiger partial charge in [0.15, 0.2) is 5.78 Å². The number of hydrogen-bond acceptors (Lipinski definition) is 4. The molecule has 0 aliphatic rings. The molecular weight excluding hydrogens is 326 g/mol. The molecule has 0 bridgehead atoms. The molecule has 0 saturated carbocycles. The summed E-state index contributed by atoms with van der Waals surface area (Å²) in [5.74, 6) is -0.0250. The van der Waals surface area contributed by atoms with E-state index in [9.17, 15) is 9.59 Å². The van der Waals surface area contributed by atoms with Crippen molar-refractivity contribution in [2.24, 2.45) is 0 Å². The van der Waals surface area contributed by atoms with E-state index in [-0.39, 0.29) is 23.8 Å².